The van der Waals surface area contributed by atoms with Gasteiger partial charge in [-0.15, -0.1) is 0 Å². The van der Waals surface area contributed by atoms with Crippen LogP contribution in [0.4, 0.5) is 4.39 Å². The lowest BCUT2D eigenvalue weighted by molar-refractivity contribution is 0.112. The summed E-state index contributed by atoms with van der Waals surface area (Å²) in [5, 5.41) is 14.1. The Morgan fingerprint density at radius 2 is 1.78 bits per heavy atom. The van der Waals surface area contributed by atoms with Crippen molar-refractivity contribution in [1.82, 2.24) is 19.3 Å². The van der Waals surface area contributed by atoms with Gasteiger partial charge in [0.1, 0.15) is 17.2 Å². The number of ether oxygens (including phenoxy) is 1. The summed E-state index contributed by atoms with van der Waals surface area (Å²) in [6.45, 7) is 9.16. The second-order valence-electron chi connectivity index (χ2n) is 12.4. The number of hydrogen-bond donors (Lipinski definition) is 0. The van der Waals surface area contributed by atoms with Crippen LogP contribution in [-0.2, 0) is 18.9 Å². The van der Waals surface area contributed by atoms with E-state index in [1.165, 1.54) is 28.6 Å². The first-order valence-corrected chi connectivity index (χ1v) is 14.3. The van der Waals surface area contributed by atoms with E-state index in [0.29, 0.717) is 45.5 Å². The highest BCUT2D eigenvalue weighted by molar-refractivity contribution is 5.92. The SMILES string of the molecule is Cn1nc(-c2cccc(-n3ccc4cc(C(C)(C)C#N)cc(F)c4c3=O)c2C=O)cc(Cc2ccc(OC(C)(C)C)cn2)c1=O. The maximum atomic E-state index is 15.4. The van der Waals surface area contributed by atoms with Gasteiger partial charge in [0.25, 0.3) is 11.1 Å². The van der Waals surface area contributed by atoms with E-state index in [4.69, 9.17) is 4.74 Å². The van der Waals surface area contributed by atoms with Gasteiger partial charge in [0.2, 0.25) is 0 Å². The van der Waals surface area contributed by atoms with Crippen molar-refractivity contribution in [3.63, 3.8) is 0 Å². The summed E-state index contributed by atoms with van der Waals surface area (Å²) in [6.07, 6.45) is 3.90. The number of aldehydes is 1. The predicted molar refractivity (Wildman–Crippen MR) is 169 cm³/mol. The van der Waals surface area contributed by atoms with Crippen LogP contribution in [0.1, 0.15) is 61.8 Å². The number of halogens is 1. The van der Waals surface area contributed by atoms with Crippen molar-refractivity contribution >= 4 is 17.1 Å². The average Bonchev–Trinajstić information content (AvgIpc) is 2.99. The molecule has 0 aliphatic carbocycles. The van der Waals surface area contributed by atoms with E-state index in [0.717, 1.165) is 0 Å². The monoisotopic (exact) mass is 605 g/mol. The molecule has 0 amide bonds. The fraction of sp³-hybridized carbons (Fsp3) is 0.257. The summed E-state index contributed by atoms with van der Waals surface area (Å²) in [4.78, 5) is 43.7. The number of rotatable bonds is 7. The molecule has 3 aromatic heterocycles. The second kappa shape index (κ2) is 11.6. The average molecular weight is 606 g/mol. The standard InChI is InChI=1S/C35H32FN5O4/c1-34(2,3)45-25-11-10-24(38-18-25)15-22-16-29(39-40(6)32(22)43)26-8-7-9-30(27(26)19-42)41-13-12-21-14-23(35(4,5)20-37)17-28(36)31(21)33(41)44/h7-14,16-19H,15H2,1-6H3. The van der Waals surface area contributed by atoms with Crippen molar-refractivity contribution in [1.29, 1.82) is 5.26 Å². The van der Waals surface area contributed by atoms with Crippen LogP contribution >= 0.6 is 0 Å². The zero-order valence-electron chi connectivity index (χ0n) is 25.9. The molecule has 3 heterocycles. The molecule has 9 nitrogen and oxygen atoms in total. The third kappa shape index (κ3) is 6.15. The van der Waals surface area contributed by atoms with E-state index < -0.39 is 16.8 Å². The molecule has 0 saturated heterocycles. The first-order chi connectivity index (χ1) is 21.2. The number of pyridine rings is 2. The predicted octanol–water partition coefficient (Wildman–Crippen LogP) is 5.67. The number of aryl methyl sites for hydroxylation is 1. The van der Waals surface area contributed by atoms with Crippen LogP contribution in [0.15, 0.2) is 76.6 Å². The van der Waals surface area contributed by atoms with Crippen molar-refractivity contribution in [3.05, 3.63) is 116 Å². The molecule has 0 atom stereocenters. The van der Waals surface area contributed by atoms with E-state index in [1.807, 2.05) is 20.8 Å². The highest BCUT2D eigenvalue weighted by Gasteiger charge is 2.23. The fourth-order valence-corrected chi connectivity index (χ4v) is 5.11. The summed E-state index contributed by atoms with van der Waals surface area (Å²) in [5.74, 6) is -0.151. The molecule has 228 valence electrons. The molecular formula is C35H32FN5O4. The molecule has 45 heavy (non-hydrogen) atoms. The number of carbonyl (C=O) groups excluding carboxylic acids is 1. The molecule has 0 aliphatic rings. The molecule has 5 rings (SSSR count). The first-order valence-electron chi connectivity index (χ1n) is 14.3. The number of nitrogens with zero attached hydrogens (tertiary/aromatic N) is 5. The fourth-order valence-electron chi connectivity index (χ4n) is 5.11. The van der Waals surface area contributed by atoms with Crippen molar-refractivity contribution in [2.75, 3.05) is 0 Å². The van der Waals surface area contributed by atoms with Crippen LogP contribution in [0.5, 0.6) is 5.75 Å². The van der Waals surface area contributed by atoms with Gasteiger partial charge in [-0.05, 0) is 88.0 Å². The Balaban J connectivity index is 1.58. The van der Waals surface area contributed by atoms with Crippen LogP contribution < -0.4 is 15.9 Å². The van der Waals surface area contributed by atoms with Gasteiger partial charge in [-0.3, -0.25) is 23.9 Å². The summed E-state index contributed by atoms with van der Waals surface area (Å²) >= 11 is 0. The van der Waals surface area contributed by atoms with Gasteiger partial charge >= 0.3 is 0 Å². The van der Waals surface area contributed by atoms with E-state index in [1.54, 1.807) is 68.6 Å². The smallest absolute Gasteiger partial charge is 0.270 e. The Morgan fingerprint density at radius 3 is 2.42 bits per heavy atom. The van der Waals surface area contributed by atoms with Crippen LogP contribution in [0.2, 0.25) is 0 Å². The molecule has 0 unspecified atom stereocenters. The summed E-state index contributed by atoms with van der Waals surface area (Å²) in [5.41, 5.74) is 0.271. The van der Waals surface area contributed by atoms with Gasteiger partial charge in [-0.25, -0.2) is 9.07 Å². The molecular weight excluding hydrogens is 573 g/mol. The number of aromatic nitrogens is 4. The number of hydrogen-bond acceptors (Lipinski definition) is 7. The van der Waals surface area contributed by atoms with Gasteiger partial charge in [-0.1, -0.05) is 12.1 Å². The third-order valence-corrected chi connectivity index (χ3v) is 7.42. The maximum Gasteiger partial charge on any atom is 0.270 e. The molecule has 0 bridgehead atoms. The van der Waals surface area contributed by atoms with Crippen molar-refractivity contribution < 1.29 is 13.9 Å². The molecule has 0 radical (unpaired) electrons. The van der Waals surface area contributed by atoms with Gasteiger partial charge < -0.3 is 4.74 Å². The Kier molecular flexibility index (Phi) is 7.98. The molecule has 0 spiro atoms. The Morgan fingerprint density at radius 1 is 1.02 bits per heavy atom. The number of nitriles is 1. The van der Waals surface area contributed by atoms with E-state index in [-0.39, 0.29) is 34.2 Å². The van der Waals surface area contributed by atoms with Crippen molar-refractivity contribution in [3.8, 4) is 28.8 Å². The highest BCUT2D eigenvalue weighted by Crippen LogP contribution is 2.29. The molecule has 10 heteroatoms. The Bertz CT molecular complexity index is 2120. The van der Waals surface area contributed by atoms with Crippen LogP contribution in [0, 0.1) is 17.1 Å². The topological polar surface area (TPSA) is 120 Å². The van der Waals surface area contributed by atoms with Crippen molar-refractivity contribution in [2.24, 2.45) is 7.05 Å². The lowest BCUT2D eigenvalue weighted by Crippen LogP contribution is -2.25. The minimum absolute atomic E-state index is 0.139. The molecule has 2 aromatic carbocycles. The first kappa shape index (κ1) is 31.0. The van der Waals surface area contributed by atoms with Gasteiger partial charge in [0, 0.05) is 42.0 Å². The van der Waals surface area contributed by atoms with Crippen LogP contribution in [0.3, 0.4) is 0 Å². The molecule has 0 N–H and O–H groups in total. The summed E-state index contributed by atoms with van der Waals surface area (Å²) in [7, 11) is 1.52. The summed E-state index contributed by atoms with van der Waals surface area (Å²) < 4.78 is 23.6. The maximum absolute atomic E-state index is 15.4. The molecule has 5 aromatic rings. The third-order valence-electron chi connectivity index (χ3n) is 7.42. The lowest BCUT2D eigenvalue weighted by Gasteiger charge is -2.20. The zero-order chi connectivity index (χ0) is 32.7. The van der Waals surface area contributed by atoms with Crippen LogP contribution in [0.25, 0.3) is 27.7 Å². The van der Waals surface area contributed by atoms with E-state index in [2.05, 4.69) is 16.2 Å². The molecule has 0 fully saturated rings. The van der Waals surface area contributed by atoms with Gasteiger partial charge in [0.05, 0.1) is 34.4 Å². The minimum Gasteiger partial charge on any atom is -0.487 e. The van der Waals surface area contributed by atoms with Crippen LogP contribution in [-0.4, -0.2) is 31.2 Å². The van der Waals surface area contributed by atoms with Gasteiger partial charge in [-0.2, -0.15) is 10.4 Å². The molecule has 0 saturated carbocycles. The molecule has 0 aliphatic heterocycles. The highest BCUT2D eigenvalue weighted by atomic mass is 19.1. The largest absolute Gasteiger partial charge is 0.487 e. The lowest BCUT2D eigenvalue weighted by atomic mass is 9.85. The number of benzene rings is 2. The normalized spacial score (nSPS) is 11.8. The number of fused-ring (bicyclic) bond motifs is 1. The van der Waals surface area contributed by atoms with E-state index >= 15 is 4.39 Å². The van der Waals surface area contributed by atoms with Gasteiger partial charge in [0.15, 0.2) is 6.29 Å². The zero-order valence-corrected chi connectivity index (χ0v) is 25.9. The number of carbonyl (C=O) groups is 1. The quantitative estimate of drug-likeness (QED) is 0.219. The Labute approximate surface area is 259 Å². The van der Waals surface area contributed by atoms with Crippen molar-refractivity contribution in [2.45, 2.75) is 52.1 Å². The Hall–Kier alpha value is -5.43. The van der Waals surface area contributed by atoms with E-state index in [9.17, 15) is 19.6 Å². The summed E-state index contributed by atoms with van der Waals surface area (Å²) in [6, 6.07) is 16.6. The second-order valence-corrected chi connectivity index (χ2v) is 12.4. The minimum atomic E-state index is -0.954.